The number of carbonyl (C=O) groups excluding carboxylic acids is 1. The maximum Gasteiger partial charge on any atom is 0.272 e. The summed E-state index contributed by atoms with van der Waals surface area (Å²) in [6.07, 6.45) is 2.99. The second-order valence-corrected chi connectivity index (χ2v) is 6.81. The summed E-state index contributed by atoms with van der Waals surface area (Å²) in [6.45, 7) is 2.22. The van der Waals surface area contributed by atoms with Gasteiger partial charge in [0.1, 0.15) is 0 Å². The number of hydrogen-bond donors (Lipinski definition) is 3. The summed E-state index contributed by atoms with van der Waals surface area (Å²) in [4.78, 5) is 12.5. The van der Waals surface area contributed by atoms with Crippen LogP contribution in [0.3, 0.4) is 0 Å². The summed E-state index contributed by atoms with van der Waals surface area (Å²) in [5.74, 6) is -0.107. The molecule has 2 aromatic rings. The van der Waals surface area contributed by atoms with Crippen molar-refractivity contribution in [2.45, 2.75) is 31.2 Å². The molecular formula is C17H20Cl2N4O. The monoisotopic (exact) mass is 366 g/mol. The molecule has 0 unspecified atom stereocenters. The zero-order chi connectivity index (χ0) is 15.9. The van der Waals surface area contributed by atoms with Crippen molar-refractivity contribution in [2.24, 2.45) is 0 Å². The summed E-state index contributed by atoms with van der Waals surface area (Å²) in [6, 6.07) is 7.90. The molecule has 1 aliphatic heterocycles. The van der Waals surface area contributed by atoms with Crippen LogP contribution < -0.4 is 10.6 Å². The molecule has 128 valence electrons. The third-order valence-electron chi connectivity index (χ3n) is 4.91. The van der Waals surface area contributed by atoms with Gasteiger partial charge in [0.25, 0.3) is 5.91 Å². The Kier molecular flexibility index (Phi) is 4.85. The van der Waals surface area contributed by atoms with Crippen molar-refractivity contribution >= 4 is 29.9 Å². The molecule has 3 N–H and O–H groups in total. The molecular weight excluding hydrogens is 347 g/mol. The zero-order valence-corrected chi connectivity index (χ0v) is 14.8. The zero-order valence-electron chi connectivity index (χ0n) is 13.2. The lowest BCUT2D eigenvalue weighted by Crippen LogP contribution is -2.34. The van der Waals surface area contributed by atoms with Gasteiger partial charge in [-0.05, 0) is 24.5 Å². The lowest BCUT2D eigenvalue weighted by molar-refractivity contribution is 0.0943. The number of fused-ring (bicyclic) bond motifs is 1. The van der Waals surface area contributed by atoms with Gasteiger partial charge in [-0.25, -0.2) is 0 Å². The van der Waals surface area contributed by atoms with Crippen LogP contribution >= 0.6 is 24.0 Å². The van der Waals surface area contributed by atoms with Gasteiger partial charge in [-0.15, -0.1) is 12.4 Å². The molecule has 1 aromatic carbocycles. The topological polar surface area (TPSA) is 69.8 Å². The number of aromatic amines is 1. The molecule has 2 aliphatic rings. The molecule has 1 aliphatic carbocycles. The Bertz CT molecular complexity index is 755. The van der Waals surface area contributed by atoms with Crippen LogP contribution in [-0.2, 0) is 18.4 Å². The van der Waals surface area contributed by atoms with Crippen molar-refractivity contribution < 1.29 is 4.79 Å². The van der Waals surface area contributed by atoms with Crippen LogP contribution in [0.25, 0.3) is 0 Å². The number of aromatic nitrogens is 2. The minimum Gasteiger partial charge on any atom is -0.350 e. The van der Waals surface area contributed by atoms with Crippen molar-refractivity contribution in [3.05, 3.63) is 51.8 Å². The molecule has 5 nitrogen and oxygen atoms in total. The van der Waals surface area contributed by atoms with E-state index in [4.69, 9.17) is 11.6 Å². The van der Waals surface area contributed by atoms with Crippen LogP contribution in [0.1, 0.15) is 40.2 Å². The summed E-state index contributed by atoms with van der Waals surface area (Å²) >= 11 is 6.32. The Hall–Kier alpha value is -1.56. The van der Waals surface area contributed by atoms with Gasteiger partial charge in [0.05, 0.1) is 0 Å². The van der Waals surface area contributed by atoms with Gasteiger partial charge in [0, 0.05) is 47.8 Å². The van der Waals surface area contributed by atoms with Crippen LogP contribution in [0, 0.1) is 0 Å². The van der Waals surface area contributed by atoms with E-state index in [1.165, 1.54) is 0 Å². The molecule has 1 aromatic heterocycles. The van der Waals surface area contributed by atoms with Gasteiger partial charge in [0.2, 0.25) is 0 Å². The van der Waals surface area contributed by atoms with E-state index in [1.54, 1.807) is 0 Å². The van der Waals surface area contributed by atoms with Crippen molar-refractivity contribution in [1.82, 2.24) is 20.8 Å². The van der Waals surface area contributed by atoms with Crippen LogP contribution in [0.15, 0.2) is 24.3 Å². The highest BCUT2D eigenvalue weighted by atomic mass is 35.5. The number of hydrogen-bond acceptors (Lipinski definition) is 3. The molecule has 1 fully saturated rings. The molecule has 2 heterocycles. The molecule has 7 heteroatoms. The lowest BCUT2D eigenvalue weighted by atomic mass is 9.95. The molecule has 1 saturated carbocycles. The Balaban J connectivity index is 0.00000169. The van der Waals surface area contributed by atoms with Crippen molar-refractivity contribution in [2.75, 3.05) is 13.1 Å². The van der Waals surface area contributed by atoms with Gasteiger partial charge in [-0.2, -0.15) is 5.10 Å². The highest BCUT2D eigenvalue weighted by Crippen LogP contribution is 2.49. The van der Waals surface area contributed by atoms with Crippen LogP contribution in [0.2, 0.25) is 5.02 Å². The van der Waals surface area contributed by atoms with E-state index in [0.717, 1.165) is 47.7 Å². The number of carbonyl (C=O) groups is 1. The predicted molar refractivity (Wildman–Crippen MR) is 95.9 cm³/mol. The Labute approximate surface area is 152 Å². The number of H-pyrrole nitrogens is 1. The van der Waals surface area contributed by atoms with Crippen molar-refractivity contribution in [3.63, 3.8) is 0 Å². The van der Waals surface area contributed by atoms with Gasteiger partial charge >= 0.3 is 0 Å². The standard InChI is InChI=1S/C17H19ClN4O.ClH/c18-13-4-2-1-3-12(13)17(6-7-17)10-20-16(23)15-11-9-19-8-5-14(11)21-22-15;/h1-4,19H,5-10H2,(H,20,23)(H,21,22);1H. The number of halogens is 2. The molecule has 0 saturated heterocycles. The molecule has 0 spiro atoms. The number of benzene rings is 1. The fraction of sp³-hybridized carbons (Fsp3) is 0.412. The second-order valence-electron chi connectivity index (χ2n) is 6.40. The third kappa shape index (κ3) is 3.04. The van der Waals surface area contributed by atoms with Crippen LogP contribution in [0.5, 0.6) is 0 Å². The first-order valence-corrected chi connectivity index (χ1v) is 8.37. The fourth-order valence-corrected chi connectivity index (χ4v) is 3.67. The SMILES string of the molecule is Cl.O=C(NCC1(c2ccccc2Cl)CC1)c1n[nH]c2c1CNCC2. The minimum atomic E-state index is -0.107. The molecule has 24 heavy (non-hydrogen) atoms. The maximum absolute atomic E-state index is 12.5. The number of amides is 1. The number of nitrogens with zero attached hydrogens (tertiary/aromatic N) is 1. The Morgan fingerprint density at radius 3 is 2.88 bits per heavy atom. The summed E-state index contributed by atoms with van der Waals surface area (Å²) in [5.41, 5.74) is 3.70. The quantitative estimate of drug-likeness (QED) is 0.778. The molecule has 0 atom stereocenters. The van der Waals surface area contributed by atoms with E-state index in [0.29, 0.717) is 18.8 Å². The first-order chi connectivity index (χ1) is 11.2. The van der Waals surface area contributed by atoms with E-state index in [1.807, 2.05) is 18.2 Å². The van der Waals surface area contributed by atoms with E-state index >= 15 is 0 Å². The predicted octanol–water partition coefficient (Wildman–Crippen LogP) is 2.59. The largest absolute Gasteiger partial charge is 0.350 e. The molecule has 0 radical (unpaired) electrons. The van der Waals surface area contributed by atoms with Crippen molar-refractivity contribution in [3.8, 4) is 0 Å². The Morgan fingerprint density at radius 2 is 2.12 bits per heavy atom. The first-order valence-electron chi connectivity index (χ1n) is 8.00. The Morgan fingerprint density at radius 1 is 1.33 bits per heavy atom. The normalized spacial score (nSPS) is 17.5. The van der Waals surface area contributed by atoms with Crippen molar-refractivity contribution in [1.29, 1.82) is 0 Å². The van der Waals surface area contributed by atoms with Crippen LogP contribution in [0.4, 0.5) is 0 Å². The summed E-state index contributed by atoms with van der Waals surface area (Å²) in [5, 5.41) is 14.3. The van der Waals surface area contributed by atoms with Gasteiger partial charge < -0.3 is 10.6 Å². The van der Waals surface area contributed by atoms with Gasteiger partial charge in [0.15, 0.2) is 5.69 Å². The molecule has 4 rings (SSSR count). The minimum absolute atomic E-state index is 0. The fourth-order valence-electron chi connectivity index (χ4n) is 3.33. The average Bonchev–Trinajstić information content (AvgIpc) is 3.24. The highest BCUT2D eigenvalue weighted by molar-refractivity contribution is 6.31. The number of rotatable bonds is 4. The van der Waals surface area contributed by atoms with Gasteiger partial charge in [-0.1, -0.05) is 29.8 Å². The van der Waals surface area contributed by atoms with Crippen LogP contribution in [-0.4, -0.2) is 29.2 Å². The lowest BCUT2D eigenvalue weighted by Gasteiger charge is -2.18. The number of nitrogens with one attached hydrogen (secondary N) is 3. The second kappa shape index (κ2) is 6.75. The smallest absolute Gasteiger partial charge is 0.272 e. The van der Waals surface area contributed by atoms with Gasteiger partial charge in [-0.3, -0.25) is 9.89 Å². The van der Waals surface area contributed by atoms with E-state index in [-0.39, 0.29) is 23.7 Å². The first kappa shape index (κ1) is 17.3. The summed E-state index contributed by atoms with van der Waals surface area (Å²) in [7, 11) is 0. The summed E-state index contributed by atoms with van der Waals surface area (Å²) < 4.78 is 0. The van der Waals surface area contributed by atoms with E-state index in [2.05, 4.69) is 26.9 Å². The average molecular weight is 367 g/mol. The molecule has 0 bridgehead atoms. The maximum atomic E-state index is 12.5. The molecule has 1 amide bonds. The third-order valence-corrected chi connectivity index (χ3v) is 5.24. The highest BCUT2D eigenvalue weighted by Gasteiger charge is 2.45. The van der Waals surface area contributed by atoms with E-state index < -0.39 is 0 Å². The van der Waals surface area contributed by atoms with E-state index in [9.17, 15) is 4.79 Å².